The second-order valence-corrected chi connectivity index (χ2v) is 3.48. The lowest BCUT2D eigenvalue weighted by Gasteiger charge is -2.18. The fraction of sp³-hybridized carbons (Fsp3) is 0.600. The molecule has 1 aromatic heterocycles. The molecule has 0 aliphatic carbocycles. The number of aromatic nitrogens is 2. The molecular weight excluding hydrogens is 178 g/mol. The second kappa shape index (κ2) is 4.02. The Morgan fingerprint density at radius 2 is 2.29 bits per heavy atom. The van der Waals surface area contributed by atoms with Crippen LogP contribution >= 0.6 is 0 Å². The Balaban J connectivity index is 2.41. The standard InChI is InChI=1S/C10H15N3O/c1-7-12-9(2-4-11)8-3-5-14-6-10(8)13-7/h2-6,11H2,1H3. The summed E-state index contributed by atoms with van der Waals surface area (Å²) in [5.74, 6) is 0.817. The van der Waals surface area contributed by atoms with Crippen molar-refractivity contribution in [3.8, 4) is 0 Å². The molecule has 4 nitrogen and oxygen atoms in total. The molecule has 0 atom stereocenters. The van der Waals surface area contributed by atoms with Gasteiger partial charge in [-0.3, -0.25) is 0 Å². The number of aryl methyl sites for hydroxylation is 1. The van der Waals surface area contributed by atoms with Gasteiger partial charge in [0.15, 0.2) is 0 Å². The lowest BCUT2D eigenvalue weighted by molar-refractivity contribution is 0.106. The molecule has 1 aromatic rings. The lowest BCUT2D eigenvalue weighted by Crippen LogP contribution is -2.18. The van der Waals surface area contributed by atoms with Crippen molar-refractivity contribution in [1.82, 2.24) is 9.97 Å². The number of ether oxygens (including phenoxy) is 1. The summed E-state index contributed by atoms with van der Waals surface area (Å²) in [5.41, 5.74) is 8.97. The van der Waals surface area contributed by atoms with Crippen LogP contribution in [0.3, 0.4) is 0 Å². The summed E-state index contributed by atoms with van der Waals surface area (Å²) >= 11 is 0. The molecule has 0 saturated heterocycles. The summed E-state index contributed by atoms with van der Waals surface area (Å²) in [5, 5.41) is 0. The van der Waals surface area contributed by atoms with Crippen LogP contribution in [0.15, 0.2) is 0 Å². The van der Waals surface area contributed by atoms with Gasteiger partial charge in [-0.25, -0.2) is 9.97 Å². The normalized spacial score (nSPS) is 15.3. The van der Waals surface area contributed by atoms with E-state index >= 15 is 0 Å². The molecule has 0 aromatic carbocycles. The predicted octanol–water partition coefficient (Wildman–Crippen LogP) is 0.359. The molecular formula is C10H15N3O. The number of rotatable bonds is 2. The van der Waals surface area contributed by atoms with Crippen molar-refractivity contribution < 1.29 is 4.74 Å². The Morgan fingerprint density at radius 3 is 3.07 bits per heavy atom. The zero-order valence-corrected chi connectivity index (χ0v) is 8.42. The molecule has 0 spiro atoms. The summed E-state index contributed by atoms with van der Waals surface area (Å²) in [6.45, 7) is 3.95. The maximum atomic E-state index is 5.55. The number of nitrogens with two attached hydrogens (primary N) is 1. The van der Waals surface area contributed by atoms with Crippen molar-refractivity contribution in [2.45, 2.75) is 26.4 Å². The van der Waals surface area contributed by atoms with Gasteiger partial charge in [0.2, 0.25) is 0 Å². The minimum Gasteiger partial charge on any atom is -0.375 e. The minimum absolute atomic E-state index is 0.621. The number of fused-ring (bicyclic) bond motifs is 1. The third-order valence-electron chi connectivity index (χ3n) is 2.41. The van der Waals surface area contributed by atoms with Gasteiger partial charge < -0.3 is 10.5 Å². The molecule has 0 unspecified atom stereocenters. The van der Waals surface area contributed by atoms with E-state index in [2.05, 4.69) is 9.97 Å². The summed E-state index contributed by atoms with van der Waals surface area (Å²) in [7, 11) is 0. The SMILES string of the molecule is Cc1nc(CCN)c2c(n1)COCC2. The van der Waals surface area contributed by atoms with Crippen molar-refractivity contribution in [3.05, 3.63) is 22.8 Å². The Labute approximate surface area is 83.5 Å². The van der Waals surface area contributed by atoms with Crippen LogP contribution in [-0.2, 0) is 24.2 Å². The van der Waals surface area contributed by atoms with Crippen LogP contribution in [0, 0.1) is 6.92 Å². The first-order chi connectivity index (χ1) is 6.81. The number of hydrogen-bond donors (Lipinski definition) is 1. The van der Waals surface area contributed by atoms with E-state index in [4.69, 9.17) is 10.5 Å². The van der Waals surface area contributed by atoms with Gasteiger partial charge in [0, 0.05) is 12.1 Å². The van der Waals surface area contributed by atoms with Crippen molar-refractivity contribution >= 4 is 0 Å². The molecule has 4 heteroatoms. The van der Waals surface area contributed by atoms with Crippen LogP contribution in [0.2, 0.25) is 0 Å². The highest BCUT2D eigenvalue weighted by molar-refractivity contribution is 5.27. The van der Waals surface area contributed by atoms with E-state index in [1.807, 2.05) is 6.92 Å². The monoisotopic (exact) mass is 193 g/mol. The Bertz CT molecular complexity index is 338. The molecule has 1 aliphatic rings. The first-order valence-electron chi connectivity index (χ1n) is 4.94. The fourth-order valence-corrected chi connectivity index (χ4v) is 1.81. The van der Waals surface area contributed by atoms with Crippen LogP contribution in [0.25, 0.3) is 0 Å². The molecule has 2 rings (SSSR count). The molecule has 2 heterocycles. The third-order valence-corrected chi connectivity index (χ3v) is 2.41. The molecule has 0 amide bonds. The van der Waals surface area contributed by atoms with Crippen LogP contribution in [-0.4, -0.2) is 23.1 Å². The summed E-state index contributed by atoms with van der Waals surface area (Å²) in [6, 6.07) is 0. The second-order valence-electron chi connectivity index (χ2n) is 3.48. The first-order valence-corrected chi connectivity index (χ1v) is 4.94. The molecule has 1 aliphatic heterocycles. The summed E-state index contributed by atoms with van der Waals surface area (Å²) < 4.78 is 5.36. The largest absolute Gasteiger partial charge is 0.375 e. The predicted molar refractivity (Wildman–Crippen MR) is 52.9 cm³/mol. The van der Waals surface area contributed by atoms with Gasteiger partial charge in [-0.1, -0.05) is 0 Å². The van der Waals surface area contributed by atoms with Crippen molar-refractivity contribution in [2.75, 3.05) is 13.2 Å². The van der Waals surface area contributed by atoms with Crippen LogP contribution in [0.5, 0.6) is 0 Å². The van der Waals surface area contributed by atoms with Gasteiger partial charge in [-0.15, -0.1) is 0 Å². The van der Waals surface area contributed by atoms with E-state index in [1.165, 1.54) is 5.56 Å². The van der Waals surface area contributed by atoms with Gasteiger partial charge in [0.1, 0.15) is 5.82 Å². The van der Waals surface area contributed by atoms with Crippen molar-refractivity contribution in [2.24, 2.45) is 5.73 Å². The molecule has 0 saturated carbocycles. The maximum Gasteiger partial charge on any atom is 0.125 e. The van der Waals surface area contributed by atoms with Gasteiger partial charge in [-0.2, -0.15) is 0 Å². The van der Waals surface area contributed by atoms with Crippen LogP contribution in [0.1, 0.15) is 22.8 Å². The Kier molecular flexibility index (Phi) is 2.74. The first kappa shape index (κ1) is 9.55. The minimum atomic E-state index is 0.621. The topological polar surface area (TPSA) is 61.0 Å². The Morgan fingerprint density at radius 1 is 1.43 bits per heavy atom. The molecule has 0 fully saturated rings. The van der Waals surface area contributed by atoms with E-state index < -0.39 is 0 Å². The summed E-state index contributed by atoms with van der Waals surface area (Å²) in [6.07, 6.45) is 1.76. The highest BCUT2D eigenvalue weighted by Gasteiger charge is 2.16. The van der Waals surface area contributed by atoms with E-state index in [0.717, 1.165) is 36.7 Å². The zero-order valence-electron chi connectivity index (χ0n) is 8.42. The van der Waals surface area contributed by atoms with Gasteiger partial charge >= 0.3 is 0 Å². The van der Waals surface area contributed by atoms with Crippen molar-refractivity contribution in [1.29, 1.82) is 0 Å². The zero-order chi connectivity index (χ0) is 9.97. The van der Waals surface area contributed by atoms with E-state index in [1.54, 1.807) is 0 Å². The highest BCUT2D eigenvalue weighted by Crippen LogP contribution is 2.18. The van der Waals surface area contributed by atoms with Crippen molar-refractivity contribution in [3.63, 3.8) is 0 Å². The summed E-state index contributed by atoms with van der Waals surface area (Å²) in [4.78, 5) is 8.81. The molecule has 0 radical (unpaired) electrons. The van der Waals surface area contributed by atoms with E-state index in [0.29, 0.717) is 13.2 Å². The molecule has 2 N–H and O–H groups in total. The highest BCUT2D eigenvalue weighted by atomic mass is 16.5. The number of nitrogens with zero attached hydrogens (tertiary/aromatic N) is 2. The van der Waals surface area contributed by atoms with E-state index in [9.17, 15) is 0 Å². The average molecular weight is 193 g/mol. The fourth-order valence-electron chi connectivity index (χ4n) is 1.81. The van der Waals surface area contributed by atoms with Crippen LogP contribution in [0.4, 0.5) is 0 Å². The van der Waals surface area contributed by atoms with Crippen LogP contribution < -0.4 is 5.73 Å². The molecule has 76 valence electrons. The lowest BCUT2D eigenvalue weighted by atomic mass is 10.0. The quantitative estimate of drug-likeness (QED) is 0.736. The molecule has 0 bridgehead atoms. The van der Waals surface area contributed by atoms with Gasteiger partial charge in [-0.05, 0) is 25.5 Å². The molecule has 14 heavy (non-hydrogen) atoms. The van der Waals surface area contributed by atoms with E-state index in [-0.39, 0.29) is 0 Å². The average Bonchev–Trinajstić information content (AvgIpc) is 2.18. The maximum absolute atomic E-state index is 5.55. The number of hydrogen-bond acceptors (Lipinski definition) is 4. The van der Waals surface area contributed by atoms with Gasteiger partial charge in [0.25, 0.3) is 0 Å². The third kappa shape index (κ3) is 1.76. The van der Waals surface area contributed by atoms with Gasteiger partial charge in [0.05, 0.1) is 18.9 Å². The smallest absolute Gasteiger partial charge is 0.125 e. The Hall–Kier alpha value is -1.00.